The summed E-state index contributed by atoms with van der Waals surface area (Å²) in [5.74, 6) is 0.00769. The van der Waals surface area contributed by atoms with Crippen LogP contribution in [-0.4, -0.2) is 21.7 Å². The van der Waals surface area contributed by atoms with E-state index in [4.69, 9.17) is 0 Å². The number of hydrogen-bond acceptors (Lipinski definition) is 3. The first kappa shape index (κ1) is 19.3. The lowest BCUT2D eigenvalue weighted by atomic mass is 10.1. The normalized spacial score (nSPS) is 15.3. The van der Waals surface area contributed by atoms with Gasteiger partial charge >= 0.3 is 0 Å². The fourth-order valence-corrected chi connectivity index (χ4v) is 3.61. The second kappa shape index (κ2) is 9.49. The van der Waals surface area contributed by atoms with Gasteiger partial charge < -0.3 is 5.32 Å². The van der Waals surface area contributed by atoms with Crippen molar-refractivity contribution in [2.24, 2.45) is 0 Å². The molecule has 0 saturated heterocycles. The first-order chi connectivity index (χ1) is 13.2. The highest BCUT2D eigenvalue weighted by Gasteiger charge is 2.15. The van der Waals surface area contributed by atoms with Crippen molar-refractivity contribution in [1.82, 2.24) is 15.1 Å². The Morgan fingerprint density at radius 2 is 1.78 bits per heavy atom. The zero-order chi connectivity index (χ0) is 19.1. The number of aryl methyl sites for hydroxylation is 2. The van der Waals surface area contributed by atoms with Crippen molar-refractivity contribution in [3.63, 3.8) is 0 Å². The second-order valence-corrected chi connectivity index (χ2v) is 7.34. The van der Waals surface area contributed by atoms with E-state index in [0.29, 0.717) is 6.54 Å². The number of carbonyl (C=O) groups excluding carboxylic acids is 1. The van der Waals surface area contributed by atoms with Gasteiger partial charge in [-0.1, -0.05) is 56.9 Å². The standard InChI is InChI=1S/C22H29N3O2/c1-2-17-9-11-18(12-10-17)20-13-14-22(27)25(24-20)16-15-21(26)23-19-7-5-3-4-6-8-19/h9-14,19H,2-8,15-16H2,1H3,(H,23,26). The molecule has 1 aliphatic carbocycles. The van der Waals surface area contributed by atoms with Gasteiger partial charge in [0, 0.05) is 24.1 Å². The van der Waals surface area contributed by atoms with Crippen LogP contribution in [0.4, 0.5) is 0 Å². The quantitative estimate of drug-likeness (QED) is 0.792. The van der Waals surface area contributed by atoms with Crippen molar-refractivity contribution in [3.8, 4) is 11.3 Å². The van der Waals surface area contributed by atoms with Gasteiger partial charge in [-0.25, -0.2) is 4.68 Å². The highest BCUT2D eigenvalue weighted by molar-refractivity contribution is 5.76. The summed E-state index contributed by atoms with van der Waals surface area (Å²) in [4.78, 5) is 24.4. The van der Waals surface area contributed by atoms with E-state index in [1.54, 1.807) is 6.07 Å². The minimum atomic E-state index is -0.175. The fourth-order valence-electron chi connectivity index (χ4n) is 3.61. The Morgan fingerprint density at radius 1 is 1.07 bits per heavy atom. The largest absolute Gasteiger partial charge is 0.353 e. The average molecular weight is 367 g/mol. The minimum Gasteiger partial charge on any atom is -0.353 e. The molecule has 144 valence electrons. The first-order valence-electron chi connectivity index (χ1n) is 10.1. The number of rotatable bonds is 6. The van der Waals surface area contributed by atoms with Gasteiger partial charge in [0.15, 0.2) is 0 Å². The van der Waals surface area contributed by atoms with Crippen LogP contribution >= 0.6 is 0 Å². The maximum absolute atomic E-state index is 12.3. The van der Waals surface area contributed by atoms with Crippen molar-refractivity contribution in [3.05, 3.63) is 52.3 Å². The van der Waals surface area contributed by atoms with E-state index in [2.05, 4.69) is 29.5 Å². The van der Waals surface area contributed by atoms with Crippen LogP contribution in [0.5, 0.6) is 0 Å². The Balaban J connectivity index is 1.62. The molecule has 0 bridgehead atoms. The van der Waals surface area contributed by atoms with Gasteiger partial charge in [-0.2, -0.15) is 5.10 Å². The molecule has 1 aliphatic rings. The van der Waals surface area contributed by atoms with Crippen LogP contribution in [0, 0.1) is 0 Å². The molecule has 5 heteroatoms. The number of benzene rings is 1. The number of nitrogens with zero attached hydrogens (tertiary/aromatic N) is 2. The molecule has 1 aromatic carbocycles. The molecular weight excluding hydrogens is 338 g/mol. The second-order valence-electron chi connectivity index (χ2n) is 7.34. The molecule has 1 saturated carbocycles. The number of amides is 1. The summed E-state index contributed by atoms with van der Waals surface area (Å²) in [5, 5.41) is 7.58. The van der Waals surface area contributed by atoms with E-state index in [1.807, 2.05) is 12.1 Å². The third-order valence-corrected chi connectivity index (χ3v) is 5.30. The van der Waals surface area contributed by atoms with Crippen molar-refractivity contribution >= 4 is 5.91 Å². The molecule has 1 amide bonds. The van der Waals surface area contributed by atoms with Gasteiger partial charge in [0.25, 0.3) is 5.56 Å². The molecule has 1 aromatic heterocycles. The lowest BCUT2D eigenvalue weighted by Gasteiger charge is -2.16. The molecule has 1 fully saturated rings. The van der Waals surface area contributed by atoms with E-state index in [1.165, 1.54) is 42.0 Å². The van der Waals surface area contributed by atoms with E-state index < -0.39 is 0 Å². The summed E-state index contributed by atoms with van der Waals surface area (Å²) in [6, 6.07) is 11.8. The van der Waals surface area contributed by atoms with E-state index in [-0.39, 0.29) is 23.9 Å². The summed E-state index contributed by atoms with van der Waals surface area (Å²) in [6.07, 6.45) is 8.29. The predicted molar refractivity (Wildman–Crippen MR) is 108 cm³/mol. The number of hydrogen-bond donors (Lipinski definition) is 1. The summed E-state index contributed by atoms with van der Waals surface area (Å²) >= 11 is 0. The van der Waals surface area contributed by atoms with Crippen LogP contribution in [0.25, 0.3) is 11.3 Å². The molecule has 0 atom stereocenters. The van der Waals surface area contributed by atoms with Crippen LogP contribution in [0.3, 0.4) is 0 Å². The monoisotopic (exact) mass is 367 g/mol. The molecule has 0 aliphatic heterocycles. The Morgan fingerprint density at radius 3 is 2.44 bits per heavy atom. The van der Waals surface area contributed by atoms with Crippen molar-refractivity contribution in [2.75, 3.05) is 0 Å². The summed E-state index contributed by atoms with van der Waals surface area (Å²) < 4.78 is 1.40. The minimum absolute atomic E-state index is 0.00769. The maximum Gasteiger partial charge on any atom is 0.266 e. The summed E-state index contributed by atoms with van der Waals surface area (Å²) in [6.45, 7) is 2.42. The first-order valence-corrected chi connectivity index (χ1v) is 10.1. The molecule has 27 heavy (non-hydrogen) atoms. The molecule has 0 radical (unpaired) electrons. The zero-order valence-corrected chi connectivity index (χ0v) is 16.1. The summed E-state index contributed by atoms with van der Waals surface area (Å²) in [5.41, 5.74) is 2.82. The Hall–Kier alpha value is -2.43. The Bertz CT molecular complexity index is 803. The van der Waals surface area contributed by atoms with Gasteiger partial charge in [0.1, 0.15) is 0 Å². The highest BCUT2D eigenvalue weighted by atomic mass is 16.2. The number of carbonyl (C=O) groups is 1. The lowest BCUT2D eigenvalue weighted by Crippen LogP contribution is -2.35. The maximum atomic E-state index is 12.3. The van der Waals surface area contributed by atoms with Crippen molar-refractivity contribution < 1.29 is 4.79 Å². The smallest absolute Gasteiger partial charge is 0.266 e. The van der Waals surface area contributed by atoms with Crippen LogP contribution in [0.1, 0.15) is 57.4 Å². The SMILES string of the molecule is CCc1ccc(-c2ccc(=O)n(CCC(=O)NC3CCCCCC3)n2)cc1. The van der Waals surface area contributed by atoms with Gasteiger partial charge in [-0.15, -0.1) is 0 Å². The third-order valence-electron chi connectivity index (χ3n) is 5.30. The van der Waals surface area contributed by atoms with Gasteiger partial charge in [0.05, 0.1) is 12.2 Å². The molecule has 0 unspecified atom stereocenters. The molecule has 3 rings (SSSR count). The average Bonchev–Trinajstić information content (AvgIpc) is 2.96. The van der Waals surface area contributed by atoms with Crippen LogP contribution in [0.2, 0.25) is 0 Å². The van der Waals surface area contributed by atoms with Crippen molar-refractivity contribution in [1.29, 1.82) is 0 Å². The van der Waals surface area contributed by atoms with E-state index >= 15 is 0 Å². The lowest BCUT2D eigenvalue weighted by molar-refractivity contribution is -0.122. The highest BCUT2D eigenvalue weighted by Crippen LogP contribution is 2.18. The van der Waals surface area contributed by atoms with Gasteiger partial charge in [-0.05, 0) is 30.9 Å². The van der Waals surface area contributed by atoms with Crippen molar-refractivity contribution in [2.45, 2.75) is 70.9 Å². The van der Waals surface area contributed by atoms with E-state index in [0.717, 1.165) is 30.5 Å². The topological polar surface area (TPSA) is 64.0 Å². The molecule has 1 N–H and O–H groups in total. The Labute approximate surface area is 160 Å². The zero-order valence-electron chi connectivity index (χ0n) is 16.1. The molecule has 0 spiro atoms. The van der Waals surface area contributed by atoms with Gasteiger partial charge in [-0.3, -0.25) is 9.59 Å². The molecule has 1 heterocycles. The predicted octanol–water partition coefficient (Wildman–Crippen LogP) is 3.70. The summed E-state index contributed by atoms with van der Waals surface area (Å²) in [7, 11) is 0. The third kappa shape index (κ3) is 5.52. The van der Waals surface area contributed by atoms with Crippen LogP contribution in [-0.2, 0) is 17.8 Å². The molecular formula is C22H29N3O2. The van der Waals surface area contributed by atoms with Crippen LogP contribution < -0.4 is 10.9 Å². The number of nitrogens with one attached hydrogen (secondary N) is 1. The van der Waals surface area contributed by atoms with E-state index in [9.17, 15) is 9.59 Å². The Kier molecular flexibility index (Phi) is 6.80. The number of aromatic nitrogens is 2. The van der Waals surface area contributed by atoms with Gasteiger partial charge in [0.2, 0.25) is 5.91 Å². The molecule has 5 nitrogen and oxygen atoms in total. The van der Waals surface area contributed by atoms with Crippen LogP contribution in [0.15, 0.2) is 41.2 Å². The molecule has 2 aromatic rings. The fraction of sp³-hybridized carbons (Fsp3) is 0.500.